The van der Waals surface area contributed by atoms with E-state index in [1.807, 2.05) is 67.4 Å². The van der Waals surface area contributed by atoms with E-state index in [1.54, 1.807) is 7.11 Å². The molecule has 0 radical (unpaired) electrons. The van der Waals surface area contributed by atoms with Gasteiger partial charge in [0.25, 0.3) is 5.91 Å². The van der Waals surface area contributed by atoms with Crippen molar-refractivity contribution >= 4 is 11.7 Å². The van der Waals surface area contributed by atoms with Crippen molar-refractivity contribution in [3.8, 4) is 11.1 Å². The SMILES string of the molecule is CCC(=O)c1cccc(-c2ccc(C(=O)N(C)C3(COC)CC3)cc2)c1. The number of Topliss-reactive ketones (excluding diaryl/α,β-unsaturated/α-hetero) is 1. The molecule has 4 nitrogen and oxygen atoms in total. The topological polar surface area (TPSA) is 46.6 Å². The zero-order valence-electron chi connectivity index (χ0n) is 15.6. The van der Waals surface area contributed by atoms with Crippen molar-refractivity contribution in [3.05, 3.63) is 59.7 Å². The molecule has 0 heterocycles. The maximum atomic E-state index is 12.8. The van der Waals surface area contributed by atoms with Gasteiger partial charge in [0.05, 0.1) is 12.1 Å². The van der Waals surface area contributed by atoms with Gasteiger partial charge in [-0.15, -0.1) is 0 Å². The molecular formula is C22H25NO3. The van der Waals surface area contributed by atoms with Crippen molar-refractivity contribution in [2.45, 2.75) is 31.7 Å². The van der Waals surface area contributed by atoms with Crippen LogP contribution in [0.15, 0.2) is 48.5 Å². The number of rotatable bonds is 7. The van der Waals surface area contributed by atoms with Crippen LogP contribution in [-0.4, -0.2) is 42.9 Å². The Morgan fingerprint density at radius 1 is 1.04 bits per heavy atom. The van der Waals surface area contributed by atoms with Gasteiger partial charge < -0.3 is 9.64 Å². The molecule has 0 atom stereocenters. The van der Waals surface area contributed by atoms with Gasteiger partial charge in [0, 0.05) is 31.7 Å². The lowest BCUT2D eigenvalue weighted by Gasteiger charge is -2.27. The summed E-state index contributed by atoms with van der Waals surface area (Å²) >= 11 is 0. The Labute approximate surface area is 154 Å². The van der Waals surface area contributed by atoms with Crippen LogP contribution in [0, 0.1) is 0 Å². The molecule has 1 fully saturated rings. The average molecular weight is 351 g/mol. The fraction of sp³-hybridized carbons (Fsp3) is 0.364. The van der Waals surface area contributed by atoms with Crippen LogP contribution in [0.4, 0.5) is 0 Å². The molecule has 0 aliphatic heterocycles. The molecule has 1 aliphatic carbocycles. The standard InChI is InChI=1S/C22H25NO3/c1-4-20(24)19-7-5-6-18(14-19)16-8-10-17(11-9-16)21(25)23(2)22(12-13-22)15-26-3/h5-11,14H,4,12-13,15H2,1-3H3. The molecule has 0 N–H and O–H groups in total. The minimum atomic E-state index is -0.140. The summed E-state index contributed by atoms with van der Waals surface area (Å²) in [6.45, 7) is 2.44. The molecule has 0 saturated heterocycles. The minimum Gasteiger partial charge on any atom is -0.382 e. The number of carbonyl (C=O) groups is 2. The molecule has 4 heteroatoms. The third kappa shape index (κ3) is 3.56. The van der Waals surface area contributed by atoms with Gasteiger partial charge in [0.15, 0.2) is 5.78 Å². The third-order valence-electron chi connectivity index (χ3n) is 5.23. The van der Waals surface area contributed by atoms with Crippen molar-refractivity contribution in [1.82, 2.24) is 4.90 Å². The van der Waals surface area contributed by atoms with Crippen molar-refractivity contribution in [1.29, 1.82) is 0 Å². The summed E-state index contributed by atoms with van der Waals surface area (Å²) in [5.41, 5.74) is 3.22. The Balaban J connectivity index is 1.79. The number of likely N-dealkylation sites (N-methyl/N-ethyl adjacent to an activating group) is 1. The van der Waals surface area contributed by atoms with E-state index in [0.29, 0.717) is 18.6 Å². The molecule has 3 rings (SSSR count). The number of carbonyl (C=O) groups excluding carboxylic acids is 2. The van der Waals surface area contributed by atoms with Gasteiger partial charge in [0.1, 0.15) is 0 Å². The van der Waals surface area contributed by atoms with Gasteiger partial charge in [-0.1, -0.05) is 37.3 Å². The average Bonchev–Trinajstić information content (AvgIpc) is 3.47. The largest absolute Gasteiger partial charge is 0.382 e. The van der Waals surface area contributed by atoms with Crippen molar-refractivity contribution in [2.75, 3.05) is 20.8 Å². The summed E-state index contributed by atoms with van der Waals surface area (Å²) in [6.07, 6.45) is 2.46. The van der Waals surface area contributed by atoms with Crippen LogP contribution in [0.1, 0.15) is 46.9 Å². The highest BCUT2D eigenvalue weighted by Gasteiger charge is 2.48. The van der Waals surface area contributed by atoms with E-state index in [4.69, 9.17) is 4.74 Å². The summed E-state index contributed by atoms with van der Waals surface area (Å²) in [4.78, 5) is 26.5. The van der Waals surface area contributed by atoms with Crippen LogP contribution in [0.25, 0.3) is 11.1 Å². The van der Waals surface area contributed by atoms with Crippen LogP contribution >= 0.6 is 0 Å². The van der Waals surface area contributed by atoms with E-state index in [1.165, 1.54) is 0 Å². The first kappa shape index (κ1) is 18.3. The second-order valence-electron chi connectivity index (χ2n) is 6.96. The molecule has 1 amide bonds. The maximum Gasteiger partial charge on any atom is 0.254 e. The molecule has 136 valence electrons. The number of ether oxygens (including phenoxy) is 1. The lowest BCUT2D eigenvalue weighted by atomic mass is 9.99. The Morgan fingerprint density at radius 2 is 1.73 bits per heavy atom. The smallest absolute Gasteiger partial charge is 0.254 e. The maximum absolute atomic E-state index is 12.8. The van der Waals surface area contributed by atoms with E-state index in [0.717, 1.165) is 29.5 Å². The Morgan fingerprint density at radius 3 is 2.31 bits per heavy atom. The fourth-order valence-corrected chi connectivity index (χ4v) is 3.28. The normalized spacial score (nSPS) is 14.7. The summed E-state index contributed by atoms with van der Waals surface area (Å²) in [7, 11) is 3.52. The van der Waals surface area contributed by atoms with E-state index >= 15 is 0 Å². The molecule has 0 aromatic heterocycles. The van der Waals surface area contributed by atoms with E-state index in [2.05, 4.69) is 0 Å². The van der Waals surface area contributed by atoms with Crippen LogP contribution in [0.5, 0.6) is 0 Å². The van der Waals surface area contributed by atoms with E-state index in [-0.39, 0.29) is 17.2 Å². The van der Waals surface area contributed by atoms with Gasteiger partial charge in [0.2, 0.25) is 0 Å². The first-order valence-electron chi connectivity index (χ1n) is 9.01. The highest BCUT2D eigenvalue weighted by Crippen LogP contribution is 2.41. The monoisotopic (exact) mass is 351 g/mol. The van der Waals surface area contributed by atoms with Gasteiger partial charge in [-0.05, 0) is 42.2 Å². The number of nitrogens with zero attached hydrogens (tertiary/aromatic N) is 1. The van der Waals surface area contributed by atoms with Crippen molar-refractivity contribution in [3.63, 3.8) is 0 Å². The number of hydrogen-bond acceptors (Lipinski definition) is 3. The predicted molar refractivity (Wildman–Crippen MR) is 102 cm³/mol. The van der Waals surface area contributed by atoms with E-state index < -0.39 is 0 Å². The molecule has 1 saturated carbocycles. The Hall–Kier alpha value is -2.46. The number of amides is 1. The number of ketones is 1. The lowest BCUT2D eigenvalue weighted by Crippen LogP contribution is -2.42. The molecule has 2 aromatic rings. The Bertz CT molecular complexity index is 806. The molecule has 2 aromatic carbocycles. The lowest BCUT2D eigenvalue weighted by molar-refractivity contribution is 0.0551. The van der Waals surface area contributed by atoms with Crippen LogP contribution in [0.2, 0.25) is 0 Å². The summed E-state index contributed by atoms with van der Waals surface area (Å²) < 4.78 is 5.27. The number of benzene rings is 2. The van der Waals surface area contributed by atoms with Gasteiger partial charge in [-0.3, -0.25) is 9.59 Å². The molecule has 0 spiro atoms. The summed E-state index contributed by atoms with van der Waals surface area (Å²) in [6, 6.07) is 15.2. The second kappa shape index (κ2) is 7.42. The van der Waals surface area contributed by atoms with Crippen molar-refractivity contribution < 1.29 is 14.3 Å². The van der Waals surface area contributed by atoms with Gasteiger partial charge >= 0.3 is 0 Å². The number of hydrogen-bond donors (Lipinski definition) is 0. The minimum absolute atomic E-state index is 0.0148. The highest BCUT2D eigenvalue weighted by molar-refractivity contribution is 5.97. The van der Waals surface area contributed by atoms with Crippen LogP contribution in [0.3, 0.4) is 0 Å². The second-order valence-corrected chi connectivity index (χ2v) is 6.96. The van der Waals surface area contributed by atoms with Crippen LogP contribution in [-0.2, 0) is 4.74 Å². The van der Waals surface area contributed by atoms with Gasteiger partial charge in [-0.25, -0.2) is 0 Å². The summed E-state index contributed by atoms with van der Waals surface area (Å²) in [5, 5.41) is 0. The fourth-order valence-electron chi connectivity index (χ4n) is 3.28. The van der Waals surface area contributed by atoms with Gasteiger partial charge in [-0.2, -0.15) is 0 Å². The van der Waals surface area contributed by atoms with Crippen LogP contribution < -0.4 is 0 Å². The highest BCUT2D eigenvalue weighted by atomic mass is 16.5. The predicted octanol–water partition coefficient (Wildman–Crippen LogP) is 4.20. The molecule has 1 aliphatic rings. The molecule has 0 unspecified atom stereocenters. The Kier molecular flexibility index (Phi) is 5.23. The van der Waals surface area contributed by atoms with E-state index in [9.17, 15) is 9.59 Å². The first-order chi connectivity index (χ1) is 12.5. The zero-order chi connectivity index (χ0) is 18.7. The first-order valence-corrected chi connectivity index (χ1v) is 9.01. The van der Waals surface area contributed by atoms with Crippen molar-refractivity contribution in [2.24, 2.45) is 0 Å². The molecule has 26 heavy (non-hydrogen) atoms. The number of methoxy groups -OCH3 is 1. The quantitative estimate of drug-likeness (QED) is 0.703. The molecule has 0 bridgehead atoms. The zero-order valence-corrected chi connectivity index (χ0v) is 15.6. The third-order valence-corrected chi connectivity index (χ3v) is 5.23. The summed E-state index contributed by atoms with van der Waals surface area (Å²) in [5.74, 6) is 0.147. The molecular weight excluding hydrogens is 326 g/mol.